The van der Waals surface area contributed by atoms with Crippen molar-refractivity contribution in [2.24, 2.45) is 0 Å². The second-order valence-electron chi connectivity index (χ2n) is 5.06. The molecule has 1 aromatic rings. The zero-order valence-corrected chi connectivity index (χ0v) is 13.6. The quantitative estimate of drug-likeness (QED) is 0.822. The van der Waals surface area contributed by atoms with Gasteiger partial charge in [0.25, 0.3) is 5.91 Å². The van der Waals surface area contributed by atoms with Crippen LogP contribution in [0.2, 0.25) is 5.02 Å². The summed E-state index contributed by atoms with van der Waals surface area (Å²) >= 11 is 6.29. The van der Waals surface area contributed by atoms with Gasteiger partial charge in [-0.2, -0.15) is 5.26 Å². The lowest BCUT2D eigenvalue weighted by Crippen LogP contribution is -2.41. The molecule has 0 aliphatic carbocycles. The molecule has 1 amide bonds. The van der Waals surface area contributed by atoms with Crippen LogP contribution in [0, 0.1) is 11.3 Å². The minimum absolute atomic E-state index is 0.0246. The van der Waals surface area contributed by atoms with Crippen molar-refractivity contribution in [3.8, 4) is 6.07 Å². The van der Waals surface area contributed by atoms with Gasteiger partial charge in [0.05, 0.1) is 16.4 Å². The highest BCUT2D eigenvalue weighted by Crippen LogP contribution is 2.34. The lowest BCUT2D eigenvalue weighted by Gasteiger charge is -2.30. The van der Waals surface area contributed by atoms with E-state index in [4.69, 9.17) is 16.9 Å². The molecular weight excluding hydrogens is 279 g/mol. The zero-order chi connectivity index (χ0) is 14.6. The van der Waals surface area contributed by atoms with Gasteiger partial charge in [-0.25, -0.2) is 0 Å². The predicted octanol–water partition coefficient (Wildman–Crippen LogP) is 4.09. The number of nitrogens with zero attached hydrogens (tertiary/aromatic N) is 2. The van der Waals surface area contributed by atoms with E-state index in [1.807, 2.05) is 38.4 Å². The van der Waals surface area contributed by atoms with Crippen molar-refractivity contribution in [1.29, 1.82) is 5.26 Å². The Labute approximate surface area is 121 Å². The van der Waals surface area contributed by atoms with E-state index in [1.165, 1.54) is 0 Å². The summed E-state index contributed by atoms with van der Waals surface area (Å²) in [6.45, 7) is 8.03. The molecule has 0 aliphatic rings. The largest absolute Gasteiger partial charge is 0.333 e. The van der Waals surface area contributed by atoms with E-state index in [0.29, 0.717) is 31.4 Å². The van der Waals surface area contributed by atoms with E-state index in [-0.39, 0.29) is 18.0 Å². The maximum atomic E-state index is 12.6. The average Bonchev–Trinajstić information content (AvgIpc) is 2.67. The van der Waals surface area contributed by atoms with Crippen molar-refractivity contribution < 1.29 is 4.79 Å². The van der Waals surface area contributed by atoms with Crippen LogP contribution in [0.4, 0.5) is 0 Å². The maximum absolute atomic E-state index is 12.6. The second kappa shape index (κ2) is 6.98. The minimum atomic E-state index is 0.0246. The van der Waals surface area contributed by atoms with E-state index in [2.05, 4.69) is 6.07 Å². The van der Waals surface area contributed by atoms with Crippen LogP contribution in [0.25, 0.3) is 0 Å². The molecule has 104 valence electrons. The number of rotatable bonds is 5. The molecule has 0 radical (unpaired) electrons. The smallest absolute Gasteiger partial charge is 0.259 e. The van der Waals surface area contributed by atoms with Gasteiger partial charge in [-0.15, -0.1) is 8.19 Å². The number of halogens is 1. The second-order valence-corrected chi connectivity index (χ2v) is 6.52. The van der Waals surface area contributed by atoms with Crippen LogP contribution in [0.5, 0.6) is 0 Å². The maximum Gasteiger partial charge on any atom is 0.259 e. The standard InChI is InChI=1S/C14H20ClN2OP/c1-9(2)17(10(3)4)14(18)13-12(15)11(8-19-13)6-5-7-16/h8-10,19H,5-6H2,1-4H3. The van der Waals surface area contributed by atoms with Crippen LogP contribution in [0.15, 0.2) is 5.80 Å². The number of carbonyl (C=O) groups is 1. The molecule has 1 rings (SSSR count). The fourth-order valence-electron chi connectivity index (χ4n) is 2.17. The van der Waals surface area contributed by atoms with Crippen molar-refractivity contribution in [3.05, 3.63) is 21.7 Å². The number of amides is 1. The summed E-state index contributed by atoms with van der Waals surface area (Å²) in [6, 6.07) is 2.40. The molecule has 0 saturated heterocycles. The van der Waals surface area contributed by atoms with Crippen LogP contribution in [-0.2, 0) is 6.42 Å². The number of nitriles is 1. The van der Waals surface area contributed by atoms with Gasteiger partial charge < -0.3 is 4.90 Å². The van der Waals surface area contributed by atoms with Gasteiger partial charge in [-0.1, -0.05) is 11.6 Å². The Kier molecular flexibility index (Phi) is 5.91. The Balaban J connectivity index is 3.00. The molecule has 0 N–H and O–H groups in total. The van der Waals surface area contributed by atoms with E-state index in [1.54, 1.807) is 0 Å². The first-order valence-corrected chi connectivity index (χ1v) is 7.91. The topological polar surface area (TPSA) is 44.1 Å². The summed E-state index contributed by atoms with van der Waals surface area (Å²) in [5.41, 5.74) is 0.942. The molecule has 1 atom stereocenters. The van der Waals surface area contributed by atoms with Crippen LogP contribution < -0.4 is 0 Å². The van der Waals surface area contributed by atoms with Crippen molar-refractivity contribution >= 4 is 25.7 Å². The highest BCUT2D eigenvalue weighted by molar-refractivity contribution is 7.32. The third-order valence-corrected chi connectivity index (χ3v) is 4.79. The third kappa shape index (κ3) is 3.75. The molecule has 0 fully saturated rings. The van der Waals surface area contributed by atoms with Gasteiger partial charge >= 0.3 is 0 Å². The molecule has 3 nitrogen and oxygen atoms in total. The van der Waals surface area contributed by atoms with Gasteiger partial charge in [0, 0.05) is 18.5 Å². The molecule has 0 aliphatic heterocycles. The molecule has 0 bridgehead atoms. The minimum Gasteiger partial charge on any atom is -0.333 e. The molecule has 19 heavy (non-hydrogen) atoms. The lowest BCUT2D eigenvalue weighted by molar-refractivity contribution is 0.0649. The first-order valence-electron chi connectivity index (χ1n) is 6.45. The summed E-state index contributed by atoms with van der Waals surface area (Å²) in [4.78, 5) is 14.4. The van der Waals surface area contributed by atoms with Gasteiger partial charge in [-0.05, 0) is 45.5 Å². The first kappa shape index (κ1) is 16.1. The predicted molar refractivity (Wildman–Crippen MR) is 81.3 cm³/mol. The van der Waals surface area contributed by atoms with Crippen LogP contribution >= 0.6 is 19.8 Å². The highest BCUT2D eigenvalue weighted by atomic mass is 35.5. The number of aryl methyl sites for hydroxylation is 1. The van der Waals surface area contributed by atoms with Gasteiger partial charge in [0.15, 0.2) is 0 Å². The van der Waals surface area contributed by atoms with Crippen LogP contribution in [-0.4, -0.2) is 22.9 Å². The van der Waals surface area contributed by atoms with Crippen LogP contribution in [0.3, 0.4) is 0 Å². The monoisotopic (exact) mass is 298 g/mol. The summed E-state index contributed by atoms with van der Waals surface area (Å²) in [5, 5.41) is 9.86. The Bertz CT molecular complexity index is 480. The molecule has 1 heterocycles. The van der Waals surface area contributed by atoms with Crippen molar-refractivity contribution in [1.82, 2.24) is 4.90 Å². The average molecular weight is 299 g/mol. The van der Waals surface area contributed by atoms with Gasteiger partial charge in [-0.3, -0.25) is 4.79 Å². The fraction of sp³-hybridized carbons (Fsp3) is 0.571. The van der Waals surface area contributed by atoms with Gasteiger partial charge in [0.1, 0.15) is 0 Å². The van der Waals surface area contributed by atoms with Crippen molar-refractivity contribution in [2.75, 3.05) is 0 Å². The normalized spacial score (nSPS) is 11.3. The molecular formula is C14H20ClN2OP. The summed E-state index contributed by atoms with van der Waals surface area (Å²) in [7, 11) is 0.315. The molecule has 1 aromatic heterocycles. The summed E-state index contributed by atoms with van der Waals surface area (Å²) < 4.78 is 0. The Hall–Kier alpha value is -0.970. The van der Waals surface area contributed by atoms with Gasteiger partial charge in [0.2, 0.25) is 0 Å². The lowest BCUT2D eigenvalue weighted by atomic mass is 10.1. The Morgan fingerprint density at radius 2 is 2.00 bits per heavy atom. The summed E-state index contributed by atoms with van der Waals surface area (Å²) in [6.07, 6.45) is 1.06. The first-order chi connectivity index (χ1) is 8.90. The summed E-state index contributed by atoms with van der Waals surface area (Å²) in [5.74, 6) is 2.02. The van der Waals surface area contributed by atoms with Crippen molar-refractivity contribution in [3.63, 3.8) is 0 Å². The van der Waals surface area contributed by atoms with Crippen molar-refractivity contribution in [2.45, 2.75) is 52.6 Å². The molecule has 0 saturated carbocycles. The molecule has 1 unspecified atom stereocenters. The van der Waals surface area contributed by atoms with Crippen LogP contribution in [0.1, 0.15) is 49.8 Å². The fourth-order valence-corrected chi connectivity index (χ4v) is 3.80. The number of hydrogen-bond acceptors (Lipinski definition) is 2. The molecule has 0 spiro atoms. The zero-order valence-electron chi connectivity index (χ0n) is 11.8. The number of carbonyl (C=O) groups excluding carboxylic acids is 1. The Morgan fingerprint density at radius 3 is 2.47 bits per heavy atom. The number of hydrogen-bond donors (Lipinski definition) is 0. The van der Waals surface area contributed by atoms with E-state index >= 15 is 0 Å². The van der Waals surface area contributed by atoms with E-state index in [0.717, 1.165) is 5.56 Å². The molecule has 0 aromatic carbocycles. The SMILES string of the molecule is CC(C)N(C(=O)c1[pH]cc(CCC#N)c1Cl)C(C)C. The Morgan fingerprint density at radius 1 is 1.42 bits per heavy atom. The molecule has 5 heteroatoms. The van der Waals surface area contributed by atoms with E-state index in [9.17, 15) is 4.79 Å². The van der Waals surface area contributed by atoms with E-state index < -0.39 is 0 Å². The highest BCUT2D eigenvalue weighted by Gasteiger charge is 2.25. The third-order valence-electron chi connectivity index (χ3n) is 2.96.